The summed E-state index contributed by atoms with van der Waals surface area (Å²) in [4.78, 5) is 25.4. The second-order valence-corrected chi connectivity index (χ2v) is 6.60. The Balaban J connectivity index is 1.95. The number of para-hydroxylation sites is 1. The Kier molecular flexibility index (Phi) is 2.68. The lowest BCUT2D eigenvalue weighted by molar-refractivity contribution is -0.165. The second kappa shape index (κ2) is 4.08. The minimum atomic E-state index is -0.465. The highest BCUT2D eigenvalue weighted by Crippen LogP contribution is 2.59. The molecular weight excluding hydrogens is 252 g/mol. The van der Waals surface area contributed by atoms with Crippen LogP contribution in [-0.2, 0) is 9.59 Å². The lowest BCUT2D eigenvalue weighted by atomic mass is 9.63. The maximum atomic E-state index is 12.8. The van der Waals surface area contributed by atoms with Crippen molar-refractivity contribution in [3.8, 4) is 0 Å². The summed E-state index contributed by atoms with van der Waals surface area (Å²) in [5, 5.41) is 1.23. The van der Waals surface area contributed by atoms with Crippen molar-refractivity contribution in [1.29, 1.82) is 0 Å². The summed E-state index contributed by atoms with van der Waals surface area (Å²) < 4.78 is 0. The van der Waals surface area contributed by atoms with Gasteiger partial charge < -0.3 is 0 Å². The number of carbonyl (C=O) groups excluding carboxylic acids is 2. The molecule has 2 fully saturated rings. The first-order valence-corrected chi connectivity index (χ1v) is 7.08. The zero-order valence-corrected chi connectivity index (χ0v) is 12.1. The molecule has 1 saturated heterocycles. The van der Waals surface area contributed by atoms with Crippen LogP contribution in [0.2, 0.25) is 0 Å². The maximum absolute atomic E-state index is 12.8. The first-order valence-electron chi connectivity index (χ1n) is 7.08. The molecule has 1 saturated carbocycles. The predicted molar refractivity (Wildman–Crippen MR) is 76.5 cm³/mol. The molecule has 1 aromatic rings. The Morgan fingerprint density at radius 2 is 1.80 bits per heavy atom. The number of fused-ring (bicyclic) bond motifs is 2. The predicted octanol–water partition coefficient (Wildman–Crippen LogP) is 2.82. The zero-order valence-electron chi connectivity index (χ0n) is 12.1. The van der Waals surface area contributed by atoms with Crippen LogP contribution >= 0.6 is 0 Å². The van der Waals surface area contributed by atoms with E-state index in [4.69, 9.17) is 0 Å². The topological polar surface area (TPSA) is 49.4 Å². The monoisotopic (exact) mass is 272 g/mol. The Morgan fingerprint density at radius 1 is 1.15 bits per heavy atom. The summed E-state index contributed by atoms with van der Waals surface area (Å²) in [6, 6.07) is 9.36. The Hall–Kier alpha value is -1.84. The molecule has 1 aliphatic carbocycles. The largest absolute Gasteiger partial charge is 0.289 e. The molecule has 1 aromatic carbocycles. The Morgan fingerprint density at radius 3 is 2.45 bits per heavy atom. The summed E-state index contributed by atoms with van der Waals surface area (Å²) in [5.74, 6) is -0.287. The first kappa shape index (κ1) is 13.2. The summed E-state index contributed by atoms with van der Waals surface area (Å²) in [6.07, 6.45) is 1.57. The number of hydrogen-bond acceptors (Lipinski definition) is 3. The number of piperidine rings is 1. The number of nitrogens with one attached hydrogen (secondary N) is 1. The highest BCUT2D eigenvalue weighted by atomic mass is 16.2. The fourth-order valence-electron chi connectivity index (χ4n) is 3.57. The fourth-order valence-corrected chi connectivity index (χ4v) is 3.57. The molecule has 0 unspecified atom stereocenters. The number of anilines is 1. The van der Waals surface area contributed by atoms with Crippen molar-refractivity contribution in [2.45, 2.75) is 33.6 Å². The number of amides is 2. The SMILES string of the molecule is CC1(C)[C@H]2CC[C@@]1(C)C(=O)N(Nc1ccccc1)C2=O. The lowest BCUT2D eigenvalue weighted by Crippen LogP contribution is -2.60. The molecule has 1 N–H and O–H groups in total. The molecule has 2 bridgehead atoms. The Labute approximate surface area is 119 Å². The fraction of sp³-hybridized carbons (Fsp3) is 0.500. The highest BCUT2D eigenvalue weighted by Gasteiger charge is 2.64. The molecule has 2 aliphatic rings. The average molecular weight is 272 g/mol. The van der Waals surface area contributed by atoms with Crippen molar-refractivity contribution in [2.24, 2.45) is 16.7 Å². The molecule has 3 rings (SSSR count). The van der Waals surface area contributed by atoms with Crippen molar-refractivity contribution in [1.82, 2.24) is 5.01 Å². The first-order chi connectivity index (χ1) is 9.38. The van der Waals surface area contributed by atoms with Crippen molar-refractivity contribution >= 4 is 17.5 Å². The third kappa shape index (κ3) is 1.54. The molecule has 4 nitrogen and oxygen atoms in total. The highest BCUT2D eigenvalue weighted by molar-refractivity contribution is 6.04. The molecule has 4 heteroatoms. The van der Waals surface area contributed by atoms with Gasteiger partial charge in [0.2, 0.25) is 0 Å². The third-order valence-electron chi connectivity index (χ3n) is 5.43. The van der Waals surface area contributed by atoms with Gasteiger partial charge in [-0.15, -0.1) is 0 Å². The number of hydrogen-bond donors (Lipinski definition) is 1. The van der Waals surface area contributed by atoms with Gasteiger partial charge in [-0.25, -0.2) is 0 Å². The minimum Gasteiger partial charge on any atom is -0.289 e. The molecule has 0 spiro atoms. The van der Waals surface area contributed by atoms with E-state index in [-0.39, 0.29) is 23.1 Å². The van der Waals surface area contributed by atoms with E-state index in [0.717, 1.165) is 18.5 Å². The van der Waals surface area contributed by atoms with Crippen molar-refractivity contribution < 1.29 is 9.59 Å². The molecule has 1 heterocycles. The molecule has 1 aliphatic heterocycles. The van der Waals surface area contributed by atoms with E-state index in [1.54, 1.807) is 0 Å². The maximum Gasteiger partial charge on any atom is 0.254 e. The van der Waals surface area contributed by atoms with Crippen molar-refractivity contribution in [3.05, 3.63) is 30.3 Å². The molecule has 20 heavy (non-hydrogen) atoms. The van der Waals surface area contributed by atoms with Crippen LogP contribution in [0.25, 0.3) is 0 Å². The zero-order chi connectivity index (χ0) is 14.5. The second-order valence-electron chi connectivity index (χ2n) is 6.60. The van der Waals surface area contributed by atoms with Crippen LogP contribution in [0.3, 0.4) is 0 Å². The van der Waals surface area contributed by atoms with E-state index in [0.29, 0.717) is 0 Å². The average Bonchev–Trinajstić information content (AvgIpc) is 2.61. The van der Waals surface area contributed by atoms with E-state index in [1.807, 2.05) is 51.1 Å². The lowest BCUT2D eigenvalue weighted by Gasteiger charge is -2.47. The standard InChI is InChI=1S/C16H20N2O2/c1-15(2)12-9-10-16(15,3)14(20)18(13(12)19)17-11-7-5-4-6-8-11/h4-8,12,17H,9-10H2,1-3H3/t12-,16-/m0/s1. The summed E-state index contributed by atoms with van der Waals surface area (Å²) in [7, 11) is 0. The molecule has 106 valence electrons. The smallest absolute Gasteiger partial charge is 0.254 e. The summed E-state index contributed by atoms with van der Waals surface area (Å²) >= 11 is 0. The minimum absolute atomic E-state index is 0.0820. The van der Waals surface area contributed by atoms with Gasteiger partial charge in [0.25, 0.3) is 11.8 Å². The van der Waals surface area contributed by atoms with Crippen LogP contribution < -0.4 is 5.43 Å². The number of nitrogens with zero attached hydrogens (tertiary/aromatic N) is 1. The van der Waals surface area contributed by atoms with E-state index in [1.165, 1.54) is 5.01 Å². The van der Waals surface area contributed by atoms with E-state index in [2.05, 4.69) is 5.43 Å². The van der Waals surface area contributed by atoms with Gasteiger partial charge in [-0.05, 0) is 30.4 Å². The normalized spacial score (nSPS) is 31.6. The van der Waals surface area contributed by atoms with Gasteiger partial charge in [0.15, 0.2) is 0 Å². The molecule has 0 radical (unpaired) electrons. The number of carbonyl (C=O) groups is 2. The van der Waals surface area contributed by atoms with E-state index < -0.39 is 5.41 Å². The molecule has 2 atom stereocenters. The van der Waals surface area contributed by atoms with Gasteiger partial charge in [-0.1, -0.05) is 39.0 Å². The molecule has 0 aromatic heterocycles. The number of hydrazine groups is 1. The Bertz CT molecular complexity index is 567. The van der Waals surface area contributed by atoms with Crippen LogP contribution in [0.4, 0.5) is 5.69 Å². The van der Waals surface area contributed by atoms with Crippen molar-refractivity contribution in [3.63, 3.8) is 0 Å². The van der Waals surface area contributed by atoms with Gasteiger partial charge in [0, 0.05) is 5.92 Å². The summed E-state index contributed by atoms with van der Waals surface area (Å²) in [5.41, 5.74) is 3.01. The van der Waals surface area contributed by atoms with Gasteiger partial charge >= 0.3 is 0 Å². The number of rotatable bonds is 2. The van der Waals surface area contributed by atoms with Crippen molar-refractivity contribution in [2.75, 3.05) is 5.43 Å². The van der Waals surface area contributed by atoms with E-state index in [9.17, 15) is 9.59 Å². The van der Waals surface area contributed by atoms with Crippen LogP contribution in [0, 0.1) is 16.7 Å². The molecular formula is C16H20N2O2. The van der Waals surface area contributed by atoms with Crippen LogP contribution in [0.15, 0.2) is 30.3 Å². The number of imide groups is 1. The summed E-state index contributed by atoms with van der Waals surface area (Å²) in [6.45, 7) is 6.07. The van der Waals surface area contributed by atoms with Gasteiger partial charge in [0.1, 0.15) is 0 Å². The quantitative estimate of drug-likeness (QED) is 0.842. The molecule has 2 amide bonds. The third-order valence-corrected chi connectivity index (χ3v) is 5.43. The van der Waals surface area contributed by atoms with Gasteiger partial charge in [-0.2, -0.15) is 5.01 Å². The van der Waals surface area contributed by atoms with Gasteiger partial charge in [0.05, 0.1) is 11.1 Å². The van der Waals surface area contributed by atoms with E-state index >= 15 is 0 Å². The van der Waals surface area contributed by atoms with Crippen LogP contribution in [0.1, 0.15) is 33.6 Å². The number of benzene rings is 1. The van der Waals surface area contributed by atoms with Gasteiger partial charge in [-0.3, -0.25) is 15.0 Å². The van der Waals surface area contributed by atoms with Crippen LogP contribution in [0.5, 0.6) is 0 Å². The van der Waals surface area contributed by atoms with Crippen LogP contribution in [-0.4, -0.2) is 16.8 Å².